The van der Waals surface area contributed by atoms with Crippen molar-refractivity contribution in [2.75, 3.05) is 0 Å². The van der Waals surface area contributed by atoms with Crippen LogP contribution in [0.1, 0.15) is 0 Å². The van der Waals surface area contributed by atoms with Gasteiger partial charge in [-0.3, -0.25) is 0 Å². The average molecular weight is 213 g/mol. The number of hydrogen-bond acceptors (Lipinski definition) is 5. The molecule has 0 unspecified atom stereocenters. The van der Waals surface area contributed by atoms with Crippen LogP contribution in [0.3, 0.4) is 0 Å². The molecule has 0 spiro atoms. The number of hydrogen-bond donors (Lipinski definition) is 0. The van der Waals surface area contributed by atoms with Gasteiger partial charge in [-0.2, -0.15) is 8.76 Å². The number of nitrogens with zero attached hydrogens (tertiary/aromatic N) is 3. The highest BCUT2D eigenvalue weighted by Crippen LogP contribution is 2.27. The second kappa shape index (κ2) is 3.80. The monoisotopic (exact) mass is 213 g/mol. The zero-order valence-electron chi connectivity index (χ0n) is 6.35. The van der Waals surface area contributed by atoms with E-state index in [4.69, 9.17) is 0 Å². The molecule has 2 rings (SSSR count). The third kappa shape index (κ3) is 2.22. The molecule has 66 valence electrons. The lowest BCUT2D eigenvalue weighted by Gasteiger charge is -1.94. The maximum Gasteiger partial charge on any atom is 0.213 e. The first-order valence-corrected chi connectivity index (χ1v) is 4.99. The molecule has 0 aliphatic rings. The summed E-state index contributed by atoms with van der Waals surface area (Å²) >= 11 is 2.66. The van der Waals surface area contributed by atoms with Crippen molar-refractivity contribution in [3.8, 4) is 0 Å². The highest BCUT2D eigenvalue weighted by atomic mass is 32.2. The highest BCUT2D eigenvalue weighted by molar-refractivity contribution is 8.01. The lowest BCUT2D eigenvalue weighted by Crippen LogP contribution is -1.80. The SMILES string of the molecule is Fc1cc(Sc2ncns2)ccn1. The van der Waals surface area contributed by atoms with Crippen LogP contribution in [-0.2, 0) is 0 Å². The van der Waals surface area contributed by atoms with Crippen LogP contribution in [0.5, 0.6) is 0 Å². The second-order valence-corrected chi connectivity index (χ2v) is 4.22. The van der Waals surface area contributed by atoms with Crippen molar-refractivity contribution in [2.45, 2.75) is 9.24 Å². The van der Waals surface area contributed by atoms with Gasteiger partial charge in [-0.25, -0.2) is 9.97 Å². The minimum Gasteiger partial charge on any atom is -0.228 e. The Balaban J connectivity index is 2.19. The lowest BCUT2D eigenvalue weighted by atomic mass is 10.5. The molecule has 6 heteroatoms. The Morgan fingerprint density at radius 1 is 1.38 bits per heavy atom. The molecule has 2 aromatic rings. The van der Waals surface area contributed by atoms with E-state index in [-0.39, 0.29) is 0 Å². The largest absolute Gasteiger partial charge is 0.228 e. The summed E-state index contributed by atoms with van der Waals surface area (Å²) in [6, 6.07) is 3.10. The minimum atomic E-state index is -0.477. The van der Waals surface area contributed by atoms with Gasteiger partial charge in [0.15, 0.2) is 4.34 Å². The van der Waals surface area contributed by atoms with E-state index in [2.05, 4.69) is 14.3 Å². The topological polar surface area (TPSA) is 38.7 Å². The molecule has 2 heterocycles. The van der Waals surface area contributed by atoms with Gasteiger partial charge in [-0.15, -0.1) is 0 Å². The van der Waals surface area contributed by atoms with Gasteiger partial charge in [-0.1, -0.05) is 11.8 Å². The van der Waals surface area contributed by atoms with Crippen molar-refractivity contribution in [1.29, 1.82) is 0 Å². The summed E-state index contributed by atoms with van der Waals surface area (Å²) < 4.78 is 17.3. The molecule has 0 N–H and O–H groups in total. The quantitative estimate of drug-likeness (QED) is 0.717. The van der Waals surface area contributed by atoms with E-state index in [0.29, 0.717) is 0 Å². The molecule has 0 atom stereocenters. The van der Waals surface area contributed by atoms with Gasteiger partial charge < -0.3 is 0 Å². The Morgan fingerprint density at radius 3 is 3.00 bits per heavy atom. The lowest BCUT2D eigenvalue weighted by molar-refractivity contribution is 0.579. The third-order valence-electron chi connectivity index (χ3n) is 1.24. The normalized spacial score (nSPS) is 10.2. The summed E-state index contributed by atoms with van der Waals surface area (Å²) in [5, 5.41) is 0. The molecule has 0 saturated carbocycles. The summed E-state index contributed by atoms with van der Waals surface area (Å²) in [4.78, 5) is 8.21. The third-order valence-corrected chi connectivity index (χ3v) is 2.95. The molecule has 0 amide bonds. The molecule has 0 aliphatic heterocycles. The fourth-order valence-electron chi connectivity index (χ4n) is 0.757. The Hall–Kier alpha value is -1.01. The Bertz CT molecular complexity index is 390. The first-order chi connectivity index (χ1) is 6.34. The van der Waals surface area contributed by atoms with Crippen LogP contribution < -0.4 is 0 Å². The number of aromatic nitrogens is 3. The summed E-state index contributed by atoms with van der Waals surface area (Å²) in [5.74, 6) is -0.477. The van der Waals surface area contributed by atoms with Crippen LogP contribution in [0.4, 0.5) is 4.39 Å². The predicted octanol–water partition coefficient (Wildman–Crippen LogP) is 2.22. The Kier molecular flexibility index (Phi) is 2.51. The van der Waals surface area contributed by atoms with Crippen LogP contribution >= 0.6 is 23.3 Å². The molecule has 0 fully saturated rings. The minimum absolute atomic E-state index is 0.477. The molecular formula is C7H4FN3S2. The van der Waals surface area contributed by atoms with Crippen LogP contribution in [-0.4, -0.2) is 14.3 Å². The molecule has 0 bridgehead atoms. The van der Waals surface area contributed by atoms with Gasteiger partial charge in [0.05, 0.1) is 0 Å². The van der Waals surface area contributed by atoms with Crippen molar-refractivity contribution in [3.63, 3.8) is 0 Å². The van der Waals surface area contributed by atoms with Gasteiger partial charge in [0.2, 0.25) is 5.95 Å². The fourth-order valence-corrected chi connectivity index (χ4v) is 2.19. The van der Waals surface area contributed by atoms with E-state index in [1.54, 1.807) is 6.07 Å². The van der Waals surface area contributed by atoms with Crippen molar-refractivity contribution in [1.82, 2.24) is 14.3 Å². The van der Waals surface area contributed by atoms with Crippen LogP contribution in [0.15, 0.2) is 33.9 Å². The Morgan fingerprint density at radius 2 is 2.31 bits per heavy atom. The van der Waals surface area contributed by atoms with E-state index >= 15 is 0 Å². The van der Waals surface area contributed by atoms with Crippen LogP contribution in [0, 0.1) is 5.95 Å². The zero-order valence-corrected chi connectivity index (χ0v) is 7.98. The number of rotatable bonds is 2. The number of pyridine rings is 1. The predicted molar refractivity (Wildman–Crippen MR) is 48.2 cm³/mol. The van der Waals surface area contributed by atoms with Crippen molar-refractivity contribution in [2.24, 2.45) is 0 Å². The highest BCUT2D eigenvalue weighted by Gasteiger charge is 2.01. The molecular weight excluding hydrogens is 209 g/mol. The fraction of sp³-hybridized carbons (Fsp3) is 0. The van der Waals surface area contributed by atoms with Gasteiger partial charge in [-0.05, 0) is 17.6 Å². The van der Waals surface area contributed by atoms with Gasteiger partial charge >= 0.3 is 0 Å². The second-order valence-electron chi connectivity index (χ2n) is 2.12. The van der Waals surface area contributed by atoms with Crippen molar-refractivity contribution >= 4 is 23.3 Å². The van der Waals surface area contributed by atoms with Crippen LogP contribution in [0.2, 0.25) is 0 Å². The molecule has 3 nitrogen and oxygen atoms in total. The molecule has 2 aromatic heterocycles. The van der Waals surface area contributed by atoms with Gasteiger partial charge in [0.1, 0.15) is 6.33 Å². The standard InChI is InChI=1S/C7H4FN3S2/c8-6-3-5(1-2-9-6)12-7-10-4-11-13-7/h1-4H. The molecule has 0 aromatic carbocycles. The summed E-state index contributed by atoms with van der Waals surface area (Å²) in [5.41, 5.74) is 0. The van der Waals surface area contributed by atoms with Crippen LogP contribution in [0.25, 0.3) is 0 Å². The summed E-state index contributed by atoms with van der Waals surface area (Å²) in [6.45, 7) is 0. The van der Waals surface area contributed by atoms with Gasteiger partial charge in [0, 0.05) is 17.2 Å². The van der Waals surface area contributed by atoms with Gasteiger partial charge in [0.25, 0.3) is 0 Å². The van der Waals surface area contributed by atoms with Crippen molar-refractivity contribution < 1.29 is 4.39 Å². The molecule has 0 saturated heterocycles. The van der Waals surface area contributed by atoms with E-state index in [9.17, 15) is 4.39 Å². The van der Waals surface area contributed by atoms with E-state index in [1.807, 2.05) is 0 Å². The first kappa shape index (κ1) is 8.58. The average Bonchev–Trinajstić information content (AvgIpc) is 2.57. The van der Waals surface area contributed by atoms with E-state index < -0.39 is 5.95 Å². The summed E-state index contributed by atoms with van der Waals surface area (Å²) in [6.07, 6.45) is 2.91. The molecule has 0 radical (unpaired) electrons. The van der Waals surface area contributed by atoms with E-state index in [0.717, 1.165) is 9.24 Å². The van der Waals surface area contributed by atoms with E-state index in [1.165, 1.54) is 41.9 Å². The smallest absolute Gasteiger partial charge is 0.213 e. The first-order valence-electron chi connectivity index (χ1n) is 3.41. The molecule has 13 heavy (non-hydrogen) atoms. The molecule has 0 aliphatic carbocycles. The zero-order chi connectivity index (χ0) is 9.10. The maximum atomic E-state index is 12.6. The number of halogens is 1. The summed E-state index contributed by atoms with van der Waals surface area (Å²) in [7, 11) is 0. The maximum absolute atomic E-state index is 12.6. The van der Waals surface area contributed by atoms with Crippen molar-refractivity contribution in [3.05, 3.63) is 30.6 Å². The Labute approximate surface area is 82.2 Å².